The third-order valence-corrected chi connectivity index (χ3v) is 4.17. The molecule has 0 aromatic heterocycles. The average molecular weight is 345 g/mol. The van der Waals surface area contributed by atoms with Crippen molar-refractivity contribution in [3.05, 3.63) is 28.2 Å². The lowest BCUT2D eigenvalue weighted by atomic mass is 10.2. The molecule has 1 amide bonds. The maximum atomic E-state index is 12.0. The molecule has 0 spiro atoms. The van der Waals surface area contributed by atoms with Crippen molar-refractivity contribution in [3.63, 3.8) is 0 Å². The van der Waals surface area contributed by atoms with Gasteiger partial charge in [-0.15, -0.1) is 0 Å². The van der Waals surface area contributed by atoms with Crippen LogP contribution < -0.4 is 10.6 Å². The molecule has 0 aliphatic carbocycles. The fourth-order valence-electron chi connectivity index (χ4n) is 1.75. The predicted octanol–water partition coefficient (Wildman–Crippen LogP) is 1.79. The zero-order chi connectivity index (χ0) is 13.8. The summed E-state index contributed by atoms with van der Waals surface area (Å²) in [6, 6.07) is 4.39. The van der Waals surface area contributed by atoms with E-state index in [4.69, 9.17) is 5.11 Å². The highest BCUT2D eigenvalue weighted by Crippen LogP contribution is 2.20. The summed E-state index contributed by atoms with van der Waals surface area (Å²) in [7, 11) is 0. The third-order valence-electron chi connectivity index (χ3n) is 2.65. The molecule has 1 fully saturated rings. The molecule has 1 unspecified atom stereocenters. The maximum absolute atomic E-state index is 12.0. The van der Waals surface area contributed by atoms with Crippen molar-refractivity contribution in [3.8, 4) is 0 Å². The lowest BCUT2D eigenvalue weighted by Crippen LogP contribution is -2.46. The fourth-order valence-corrected chi connectivity index (χ4v) is 3.18. The molecule has 0 bridgehead atoms. The second kappa shape index (κ2) is 6.40. The first-order valence-electron chi connectivity index (χ1n) is 5.72. The van der Waals surface area contributed by atoms with Gasteiger partial charge in [-0.2, -0.15) is 11.8 Å². The third kappa shape index (κ3) is 3.95. The highest BCUT2D eigenvalue weighted by atomic mass is 79.9. The Balaban J connectivity index is 2.09. The SMILES string of the molecule is O=C(O)c1cc(Br)cc(NC(=O)C2CSCCN2)c1. The summed E-state index contributed by atoms with van der Waals surface area (Å²) in [5, 5.41) is 14.8. The number of carboxylic acid groups (broad SMARTS) is 1. The van der Waals surface area contributed by atoms with Gasteiger partial charge in [-0.1, -0.05) is 15.9 Å². The summed E-state index contributed by atoms with van der Waals surface area (Å²) in [5.41, 5.74) is 0.616. The standard InChI is InChI=1S/C12H13BrN2O3S/c13-8-3-7(12(17)18)4-9(5-8)15-11(16)10-6-19-2-1-14-10/h3-5,10,14H,1-2,6H2,(H,15,16)(H,17,18). The van der Waals surface area contributed by atoms with Crippen molar-refractivity contribution < 1.29 is 14.7 Å². The number of aromatic carboxylic acids is 1. The molecule has 1 aliphatic rings. The molecule has 2 rings (SSSR count). The fraction of sp³-hybridized carbons (Fsp3) is 0.333. The van der Waals surface area contributed by atoms with Crippen LogP contribution in [-0.2, 0) is 4.79 Å². The first-order chi connectivity index (χ1) is 9.06. The van der Waals surface area contributed by atoms with Gasteiger partial charge in [-0.25, -0.2) is 4.79 Å². The number of benzene rings is 1. The molecule has 0 saturated carbocycles. The van der Waals surface area contributed by atoms with Gasteiger partial charge < -0.3 is 15.7 Å². The average Bonchev–Trinajstić information content (AvgIpc) is 2.39. The molecule has 1 aromatic carbocycles. The molecular formula is C12H13BrN2O3S. The van der Waals surface area contributed by atoms with E-state index < -0.39 is 5.97 Å². The van der Waals surface area contributed by atoms with E-state index in [1.807, 2.05) is 0 Å². The van der Waals surface area contributed by atoms with Crippen LogP contribution in [0.3, 0.4) is 0 Å². The Morgan fingerprint density at radius 3 is 2.84 bits per heavy atom. The Morgan fingerprint density at radius 1 is 1.42 bits per heavy atom. The summed E-state index contributed by atoms with van der Waals surface area (Å²) in [6.45, 7) is 0.807. The molecule has 19 heavy (non-hydrogen) atoms. The van der Waals surface area contributed by atoms with E-state index >= 15 is 0 Å². The van der Waals surface area contributed by atoms with E-state index in [9.17, 15) is 9.59 Å². The topological polar surface area (TPSA) is 78.4 Å². The summed E-state index contributed by atoms with van der Waals surface area (Å²) in [4.78, 5) is 23.0. The van der Waals surface area contributed by atoms with E-state index in [0.717, 1.165) is 18.1 Å². The van der Waals surface area contributed by atoms with Gasteiger partial charge in [-0.05, 0) is 18.2 Å². The van der Waals surface area contributed by atoms with Gasteiger partial charge in [0.25, 0.3) is 0 Å². The Morgan fingerprint density at radius 2 is 2.21 bits per heavy atom. The number of thioether (sulfide) groups is 1. The van der Waals surface area contributed by atoms with Crippen molar-refractivity contribution in [1.29, 1.82) is 0 Å². The van der Waals surface area contributed by atoms with Gasteiger partial charge in [-0.3, -0.25) is 4.79 Å². The smallest absolute Gasteiger partial charge is 0.335 e. The number of amides is 1. The molecule has 5 nitrogen and oxygen atoms in total. The van der Waals surface area contributed by atoms with Crippen molar-refractivity contribution in [1.82, 2.24) is 5.32 Å². The first-order valence-corrected chi connectivity index (χ1v) is 7.67. The van der Waals surface area contributed by atoms with E-state index in [1.165, 1.54) is 12.1 Å². The Kier molecular flexibility index (Phi) is 4.84. The van der Waals surface area contributed by atoms with Crippen LogP contribution in [0.1, 0.15) is 10.4 Å². The monoisotopic (exact) mass is 344 g/mol. The van der Waals surface area contributed by atoms with E-state index in [1.54, 1.807) is 17.8 Å². The Hall–Kier alpha value is -1.05. The molecule has 1 atom stereocenters. The highest BCUT2D eigenvalue weighted by molar-refractivity contribution is 9.10. The van der Waals surface area contributed by atoms with Gasteiger partial charge in [0, 0.05) is 28.2 Å². The normalized spacial score (nSPS) is 18.9. The van der Waals surface area contributed by atoms with E-state index in [0.29, 0.717) is 10.2 Å². The van der Waals surface area contributed by atoms with Gasteiger partial charge >= 0.3 is 5.97 Å². The minimum atomic E-state index is -1.02. The van der Waals surface area contributed by atoms with Crippen LogP contribution in [0.2, 0.25) is 0 Å². The second-order valence-electron chi connectivity index (χ2n) is 4.10. The number of hydrogen-bond donors (Lipinski definition) is 3. The van der Waals surface area contributed by atoms with E-state index in [-0.39, 0.29) is 17.5 Å². The summed E-state index contributed by atoms with van der Waals surface area (Å²) in [5.74, 6) is 0.569. The number of anilines is 1. The number of carbonyl (C=O) groups is 2. The molecule has 1 aromatic rings. The van der Waals surface area contributed by atoms with Gasteiger partial charge in [0.2, 0.25) is 5.91 Å². The largest absolute Gasteiger partial charge is 0.478 e. The van der Waals surface area contributed by atoms with Gasteiger partial charge in [0.1, 0.15) is 0 Å². The van der Waals surface area contributed by atoms with Crippen LogP contribution in [0.25, 0.3) is 0 Å². The van der Waals surface area contributed by atoms with Crippen LogP contribution >= 0.6 is 27.7 Å². The summed E-state index contributed by atoms with van der Waals surface area (Å²) in [6.07, 6.45) is 0. The quantitative estimate of drug-likeness (QED) is 0.779. The minimum absolute atomic E-state index is 0.135. The Labute approximate surface area is 123 Å². The van der Waals surface area contributed by atoms with Gasteiger partial charge in [0.15, 0.2) is 0 Å². The maximum Gasteiger partial charge on any atom is 0.335 e. The van der Waals surface area contributed by atoms with Crippen LogP contribution in [-0.4, -0.2) is 41.1 Å². The van der Waals surface area contributed by atoms with Crippen LogP contribution in [0.4, 0.5) is 5.69 Å². The molecule has 3 N–H and O–H groups in total. The predicted molar refractivity (Wildman–Crippen MR) is 78.8 cm³/mol. The highest BCUT2D eigenvalue weighted by Gasteiger charge is 2.21. The number of halogens is 1. The molecule has 102 valence electrons. The number of rotatable bonds is 3. The zero-order valence-corrected chi connectivity index (χ0v) is 12.4. The van der Waals surface area contributed by atoms with Crippen molar-refractivity contribution in [2.75, 3.05) is 23.4 Å². The van der Waals surface area contributed by atoms with Crippen molar-refractivity contribution in [2.45, 2.75) is 6.04 Å². The lowest BCUT2D eigenvalue weighted by molar-refractivity contribution is -0.117. The Bertz CT molecular complexity index is 504. The van der Waals surface area contributed by atoms with E-state index in [2.05, 4.69) is 26.6 Å². The van der Waals surface area contributed by atoms with Crippen molar-refractivity contribution in [2.24, 2.45) is 0 Å². The first kappa shape index (κ1) is 14.4. The van der Waals surface area contributed by atoms with Crippen LogP contribution in [0, 0.1) is 0 Å². The summed E-state index contributed by atoms with van der Waals surface area (Å²) < 4.78 is 0.619. The summed E-state index contributed by atoms with van der Waals surface area (Å²) >= 11 is 4.96. The molecule has 1 aliphatic heterocycles. The molecule has 1 heterocycles. The van der Waals surface area contributed by atoms with Crippen LogP contribution in [0.15, 0.2) is 22.7 Å². The molecule has 7 heteroatoms. The number of nitrogens with one attached hydrogen (secondary N) is 2. The number of carboxylic acids is 1. The lowest BCUT2D eigenvalue weighted by Gasteiger charge is -2.22. The second-order valence-corrected chi connectivity index (χ2v) is 6.17. The van der Waals surface area contributed by atoms with Crippen molar-refractivity contribution >= 4 is 45.3 Å². The van der Waals surface area contributed by atoms with Gasteiger partial charge in [0.05, 0.1) is 11.6 Å². The number of hydrogen-bond acceptors (Lipinski definition) is 4. The molecular weight excluding hydrogens is 332 g/mol. The number of carbonyl (C=O) groups excluding carboxylic acids is 1. The minimum Gasteiger partial charge on any atom is -0.478 e. The zero-order valence-electron chi connectivity index (χ0n) is 9.98. The molecule has 0 radical (unpaired) electrons. The van der Waals surface area contributed by atoms with Crippen LogP contribution in [0.5, 0.6) is 0 Å². The molecule has 1 saturated heterocycles.